The van der Waals surface area contributed by atoms with Gasteiger partial charge in [0.1, 0.15) is 11.4 Å². The quantitative estimate of drug-likeness (QED) is 0.315. The minimum absolute atomic E-state index is 0. The molecule has 1 saturated carbocycles. The minimum atomic E-state index is -2.43. The summed E-state index contributed by atoms with van der Waals surface area (Å²) in [7, 11) is 0. The van der Waals surface area contributed by atoms with E-state index in [1.165, 1.54) is 6.42 Å². The summed E-state index contributed by atoms with van der Waals surface area (Å²) < 4.78 is 24.2. The Balaban J connectivity index is 0.00000121. The van der Waals surface area contributed by atoms with Crippen molar-refractivity contribution < 1.29 is 42.6 Å². The Morgan fingerprint density at radius 3 is 2.42 bits per heavy atom. The van der Waals surface area contributed by atoms with Crippen molar-refractivity contribution >= 4 is 11.4 Å². The standard InChI is InChI=1S/C6H13NO3S.Na/c8-11(9)10-7-6-4-2-1-3-5-6;/h6-7H,1-5H2,(H,8,9);/q;+1/p-1. The Kier molecular flexibility index (Phi) is 8.07. The summed E-state index contributed by atoms with van der Waals surface area (Å²) in [6.07, 6.45) is 5.59. The van der Waals surface area contributed by atoms with Crippen molar-refractivity contribution in [3.05, 3.63) is 0 Å². The topological polar surface area (TPSA) is 61.4 Å². The number of rotatable bonds is 3. The molecule has 0 aromatic rings. The molecule has 1 atom stereocenters. The number of hydrogen-bond acceptors (Lipinski definition) is 4. The summed E-state index contributed by atoms with van der Waals surface area (Å²) in [5.74, 6) is 0. The molecule has 1 fully saturated rings. The Morgan fingerprint density at radius 1 is 1.33 bits per heavy atom. The Labute approximate surface area is 97.2 Å². The van der Waals surface area contributed by atoms with Crippen LogP contribution >= 0.6 is 0 Å². The van der Waals surface area contributed by atoms with Crippen molar-refractivity contribution in [2.75, 3.05) is 0 Å². The van der Waals surface area contributed by atoms with Crippen LogP contribution in [-0.4, -0.2) is 14.8 Å². The van der Waals surface area contributed by atoms with Crippen LogP contribution in [0.5, 0.6) is 0 Å². The molecule has 0 aromatic heterocycles. The second-order valence-electron chi connectivity index (χ2n) is 2.74. The van der Waals surface area contributed by atoms with Gasteiger partial charge in [0.2, 0.25) is 0 Å². The smallest absolute Gasteiger partial charge is 0.748 e. The van der Waals surface area contributed by atoms with Gasteiger partial charge in [-0.1, -0.05) is 19.3 Å². The van der Waals surface area contributed by atoms with Gasteiger partial charge in [-0.15, -0.1) is 0 Å². The fourth-order valence-electron chi connectivity index (χ4n) is 1.33. The molecule has 0 spiro atoms. The third-order valence-corrected chi connectivity index (χ3v) is 2.12. The van der Waals surface area contributed by atoms with E-state index in [2.05, 4.69) is 9.76 Å². The van der Waals surface area contributed by atoms with E-state index in [1.54, 1.807) is 0 Å². The molecule has 1 unspecified atom stereocenters. The number of hydroxylamine groups is 1. The van der Waals surface area contributed by atoms with Crippen LogP contribution in [0.4, 0.5) is 0 Å². The third-order valence-electron chi connectivity index (χ3n) is 1.89. The molecule has 0 amide bonds. The van der Waals surface area contributed by atoms with E-state index in [4.69, 9.17) is 0 Å². The first-order valence-electron chi connectivity index (χ1n) is 3.81. The average Bonchev–Trinajstić information content (AvgIpc) is 2.03. The average molecular weight is 201 g/mol. The summed E-state index contributed by atoms with van der Waals surface area (Å²) in [5.41, 5.74) is 2.51. The molecule has 1 aliphatic carbocycles. The molecular formula is C6H12NNaO3S. The van der Waals surface area contributed by atoms with Gasteiger partial charge in [-0.3, -0.25) is 0 Å². The molecule has 1 rings (SSSR count). The van der Waals surface area contributed by atoms with Crippen LogP contribution < -0.4 is 35.0 Å². The van der Waals surface area contributed by atoms with E-state index in [1.807, 2.05) is 0 Å². The predicted molar refractivity (Wildman–Crippen MR) is 40.0 cm³/mol. The van der Waals surface area contributed by atoms with Gasteiger partial charge in [0, 0.05) is 6.04 Å². The summed E-state index contributed by atoms with van der Waals surface area (Å²) in [5, 5.41) is 0. The van der Waals surface area contributed by atoms with Gasteiger partial charge in [-0.2, -0.15) is 5.48 Å². The maximum atomic E-state index is 9.96. The minimum Gasteiger partial charge on any atom is -0.748 e. The number of nitrogens with one attached hydrogen (secondary N) is 1. The summed E-state index contributed by atoms with van der Waals surface area (Å²) in [6, 6.07) is 0.224. The second kappa shape index (κ2) is 7.44. The first-order chi connectivity index (χ1) is 5.29. The van der Waals surface area contributed by atoms with Gasteiger partial charge in [-0.25, -0.2) is 8.49 Å². The largest absolute Gasteiger partial charge is 1.00 e. The van der Waals surface area contributed by atoms with Gasteiger partial charge in [0.15, 0.2) is 0 Å². The zero-order valence-electron chi connectivity index (χ0n) is 7.25. The van der Waals surface area contributed by atoms with Crippen LogP contribution in [0.3, 0.4) is 0 Å². The summed E-state index contributed by atoms with van der Waals surface area (Å²) in [4.78, 5) is 0. The van der Waals surface area contributed by atoms with Crippen molar-refractivity contribution in [1.82, 2.24) is 5.48 Å². The Morgan fingerprint density at radius 2 is 1.92 bits per heavy atom. The van der Waals surface area contributed by atoms with Crippen molar-refractivity contribution in [2.24, 2.45) is 0 Å². The van der Waals surface area contributed by atoms with E-state index in [-0.39, 0.29) is 35.6 Å². The monoisotopic (exact) mass is 201 g/mol. The van der Waals surface area contributed by atoms with Gasteiger partial charge >= 0.3 is 29.6 Å². The van der Waals surface area contributed by atoms with Crippen LogP contribution in [-0.2, 0) is 15.6 Å². The van der Waals surface area contributed by atoms with Crippen molar-refractivity contribution in [3.8, 4) is 0 Å². The van der Waals surface area contributed by atoms with Crippen molar-refractivity contribution in [2.45, 2.75) is 38.1 Å². The molecule has 0 radical (unpaired) electrons. The predicted octanol–water partition coefficient (Wildman–Crippen LogP) is -2.36. The van der Waals surface area contributed by atoms with Crippen LogP contribution in [0.2, 0.25) is 0 Å². The molecule has 4 nitrogen and oxygen atoms in total. The molecular weight excluding hydrogens is 189 g/mol. The van der Waals surface area contributed by atoms with Gasteiger partial charge in [-0.05, 0) is 12.8 Å². The zero-order valence-corrected chi connectivity index (χ0v) is 10.1. The molecule has 0 aliphatic heterocycles. The third kappa shape index (κ3) is 5.64. The summed E-state index contributed by atoms with van der Waals surface area (Å²) >= 11 is -2.43. The first-order valence-corrected chi connectivity index (χ1v) is 4.81. The molecule has 1 N–H and O–H groups in total. The molecule has 66 valence electrons. The van der Waals surface area contributed by atoms with E-state index in [0.29, 0.717) is 0 Å². The molecule has 1 aliphatic rings. The fourth-order valence-corrected chi connectivity index (χ4v) is 1.54. The van der Waals surface area contributed by atoms with Crippen LogP contribution in [0.1, 0.15) is 32.1 Å². The molecule has 0 aromatic carbocycles. The molecule has 6 heteroatoms. The van der Waals surface area contributed by atoms with Crippen LogP contribution in [0, 0.1) is 0 Å². The normalized spacial score (nSPS) is 21.4. The number of hydrogen-bond donors (Lipinski definition) is 1. The Bertz CT molecular complexity index is 141. The fraction of sp³-hybridized carbons (Fsp3) is 1.00. The van der Waals surface area contributed by atoms with Crippen LogP contribution in [0.25, 0.3) is 0 Å². The van der Waals surface area contributed by atoms with E-state index in [0.717, 1.165) is 25.7 Å². The van der Waals surface area contributed by atoms with Gasteiger partial charge in [0.25, 0.3) is 0 Å². The maximum Gasteiger partial charge on any atom is 1.00 e. The molecule has 0 saturated heterocycles. The van der Waals surface area contributed by atoms with Crippen molar-refractivity contribution in [1.29, 1.82) is 0 Å². The second-order valence-corrected chi connectivity index (χ2v) is 3.32. The van der Waals surface area contributed by atoms with E-state index < -0.39 is 11.4 Å². The van der Waals surface area contributed by atoms with Crippen LogP contribution in [0.15, 0.2) is 0 Å². The van der Waals surface area contributed by atoms with E-state index in [9.17, 15) is 8.76 Å². The first kappa shape index (κ1) is 13.0. The molecule has 12 heavy (non-hydrogen) atoms. The SMILES string of the molecule is O=S([O-])ONC1CCCCC1.[Na+]. The van der Waals surface area contributed by atoms with E-state index >= 15 is 0 Å². The molecule has 0 heterocycles. The maximum absolute atomic E-state index is 9.96. The van der Waals surface area contributed by atoms with Gasteiger partial charge in [0.05, 0.1) is 0 Å². The molecule has 0 bridgehead atoms. The van der Waals surface area contributed by atoms with Crippen molar-refractivity contribution in [3.63, 3.8) is 0 Å². The Hall–Kier alpha value is 1.03. The van der Waals surface area contributed by atoms with Gasteiger partial charge < -0.3 is 4.55 Å². The zero-order chi connectivity index (χ0) is 8.10. The summed E-state index contributed by atoms with van der Waals surface area (Å²) in [6.45, 7) is 0.